The van der Waals surface area contributed by atoms with Gasteiger partial charge in [-0.05, 0) is 31.0 Å². The molecule has 1 aromatic carbocycles. The minimum Gasteiger partial charge on any atom is -0.334 e. The fraction of sp³-hybridized carbons (Fsp3) is 0.385. The van der Waals surface area contributed by atoms with Crippen LogP contribution in [0.1, 0.15) is 36.5 Å². The average Bonchev–Trinajstić information content (AvgIpc) is 2.82. The lowest BCUT2D eigenvalue weighted by molar-refractivity contribution is 0.420. The fourth-order valence-electron chi connectivity index (χ4n) is 1.69. The summed E-state index contributed by atoms with van der Waals surface area (Å²) < 4.78 is 5.25. The van der Waals surface area contributed by atoms with Crippen molar-refractivity contribution in [1.82, 2.24) is 10.1 Å². The molecule has 0 aliphatic rings. The first kappa shape index (κ1) is 13.4. The van der Waals surface area contributed by atoms with Crippen molar-refractivity contribution in [1.29, 1.82) is 0 Å². The highest BCUT2D eigenvalue weighted by Crippen LogP contribution is 2.29. The summed E-state index contributed by atoms with van der Waals surface area (Å²) in [4.78, 5) is 4.33. The molecule has 18 heavy (non-hydrogen) atoms. The highest BCUT2D eigenvalue weighted by Gasteiger charge is 2.17. The molecule has 1 heterocycles. The molecule has 5 heteroatoms. The molecule has 3 nitrogen and oxygen atoms in total. The van der Waals surface area contributed by atoms with E-state index in [-0.39, 0.29) is 5.38 Å². The third-order valence-corrected chi connectivity index (χ3v) is 3.58. The molecule has 0 fully saturated rings. The van der Waals surface area contributed by atoms with Gasteiger partial charge in [0.2, 0.25) is 0 Å². The molecule has 0 radical (unpaired) electrons. The maximum Gasteiger partial charge on any atom is 0.258 e. The van der Waals surface area contributed by atoms with Crippen LogP contribution >= 0.6 is 23.2 Å². The Morgan fingerprint density at radius 2 is 2.17 bits per heavy atom. The molecule has 0 aliphatic carbocycles. The molecule has 1 unspecified atom stereocenters. The standard InChI is InChI=1S/C13H14Cl2N2O/c1-3-5-11(15)12-16-13(18-17-12)9-6-4-7-10(14)8(9)2/h4,6-7,11H,3,5H2,1-2H3. The zero-order chi connectivity index (χ0) is 13.1. The van der Waals surface area contributed by atoms with Crippen molar-refractivity contribution in [3.05, 3.63) is 34.6 Å². The van der Waals surface area contributed by atoms with Crippen LogP contribution in [0.2, 0.25) is 5.02 Å². The number of hydrogen-bond acceptors (Lipinski definition) is 3. The molecule has 0 bridgehead atoms. The summed E-state index contributed by atoms with van der Waals surface area (Å²) in [5.41, 5.74) is 1.78. The summed E-state index contributed by atoms with van der Waals surface area (Å²) in [6.45, 7) is 3.99. The molecule has 0 saturated heterocycles. The fourth-order valence-corrected chi connectivity index (χ4v) is 2.17. The second-order valence-corrected chi connectivity index (χ2v) is 5.06. The van der Waals surface area contributed by atoms with E-state index in [0.29, 0.717) is 16.7 Å². The van der Waals surface area contributed by atoms with Crippen LogP contribution in [0.25, 0.3) is 11.5 Å². The highest BCUT2D eigenvalue weighted by molar-refractivity contribution is 6.31. The van der Waals surface area contributed by atoms with E-state index in [1.54, 1.807) is 0 Å². The smallest absolute Gasteiger partial charge is 0.258 e. The van der Waals surface area contributed by atoms with Crippen LogP contribution in [-0.4, -0.2) is 10.1 Å². The van der Waals surface area contributed by atoms with Gasteiger partial charge in [-0.3, -0.25) is 0 Å². The van der Waals surface area contributed by atoms with Gasteiger partial charge in [-0.15, -0.1) is 11.6 Å². The number of aromatic nitrogens is 2. The third kappa shape index (κ3) is 2.68. The summed E-state index contributed by atoms with van der Waals surface area (Å²) >= 11 is 12.2. The first-order valence-corrected chi connectivity index (χ1v) is 6.68. The number of alkyl halides is 1. The van der Waals surface area contributed by atoms with E-state index in [9.17, 15) is 0 Å². The first-order chi connectivity index (χ1) is 8.63. The molecular formula is C13H14Cl2N2O. The quantitative estimate of drug-likeness (QED) is 0.759. The summed E-state index contributed by atoms with van der Waals surface area (Å²) in [6.07, 6.45) is 1.81. The number of nitrogens with zero attached hydrogens (tertiary/aromatic N) is 2. The lowest BCUT2D eigenvalue weighted by Gasteiger charge is -2.02. The Bertz CT molecular complexity index is 540. The summed E-state index contributed by atoms with van der Waals surface area (Å²) in [5.74, 6) is 1.000. The van der Waals surface area contributed by atoms with Gasteiger partial charge in [0, 0.05) is 10.6 Å². The lowest BCUT2D eigenvalue weighted by Crippen LogP contribution is -1.92. The Hall–Kier alpha value is -1.06. The van der Waals surface area contributed by atoms with Crippen molar-refractivity contribution in [2.24, 2.45) is 0 Å². The molecule has 0 aliphatic heterocycles. The largest absolute Gasteiger partial charge is 0.334 e. The number of halogens is 2. The van der Waals surface area contributed by atoms with Gasteiger partial charge in [-0.25, -0.2) is 0 Å². The van der Waals surface area contributed by atoms with Gasteiger partial charge in [-0.1, -0.05) is 36.2 Å². The average molecular weight is 285 g/mol. The van der Waals surface area contributed by atoms with Gasteiger partial charge >= 0.3 is 0 Å². The van der Waals surface area contributed by atoms with Crippen LogP contribution in [-0.2, 0) is 0 Å². The topological polar surface area (TPSA) is 38.9 Å². The zero-order valence-electron chi connectivity index (χ0n) is 10.3. The van der Waals surface area contributed by atoms with Crippen LogP contribution in [0.15, 0.2) is 22.7 Å². The van der Waals surface area contributed by atoms with Crippen molar-refractivity contribution < 1.29 is 4.52 Å². The van der Waals surface area contributed by atoms with Crippen molar-refractivity contribution in [3.63, 3.8) is 0 Å². The van der Waals surface area contributed by atoms with Gasteiger partial charge in [-0.2, -0.15) is 4.98 Å². The normalized spacial score (nSPS) is 12.7. The SMILES string of the molecule is CCCC(Cl)c1noc(-c2cccc(Cl)c2C)n1. The summed E-state index contributed by atoms with van der Waals surface area (Å²) in [5, 5.41) is 4.40. The minimum atomic E-state index is -0.202. The predicted molar refractivity (Wildman–Crippen MR) is 73.0 cm³/mol. The second-order valence-electron chi connectivity index (χ2n) is 4.13. The predicted octanol–water partition coefficient (Wildman–Crippen LogP) is 4.78. The van der Waals surface area contributed by atoms with Gasteiger partial charge in [0.15, 0.2) is 5.82 Å². The molecule has 2 rings (SSSR count). The van der Waals surface area contributed by atoms with Crippen molar-refractivity contribution in [3.8, 4) is 11.5 Å². The summed E-state index contributed by atoms with van der Waals surface area (Å²) in [6, 6.07) is 5.60. The van der Waals surface area contributed by atoms with Crippen molar-refractivity contribution in [2.75, 3.05) is 0 Å². The zero-order valence-corrected chi connectivity index (χ0v) is 11.8. The van der Waals surface area contributed by atoms with Gasteiger partial charge < -0.3 is 4.52 Å². The molecule has 0 amide bonds. The van der Waals surface area contributed by atoms with Gasteiger partial charge in [0.1, 0.15) is 0 Å². The first-order valence-electron chi connectivity index (χ1n) is 5.86. The van der Waals surface area contributed by atoms with E-state index >= 15 is 0 Å². The Kier molecular flexibility index (Phi) is 4.25. The number of benzene rings is 1. The number of rotatable bonds is 4. The molecule has 0 N–H and O–H groups in total. The Morgan fingerprint density at radius 1 is 1.39 bits per heavy atom. The Morgan fingerprint density at radius 3 is 2.89 bits per heavy atom. The minimum absolute atomic E-state index is 0.202. The monoisotopic (exact) mass is 284 g/mol. The summed E-state index contributed by atoms with van der Waals surface area (Å²) in [7, 11) is 0. The van der Waals surface area contributed by atoms with Crippen molar-refractivity contribution in [2.45, 2.75) is 32.1 Å². The molecule has 0 saturated carbocycles. The van der Waals surface area contributed by atoms with E-state index in [2.05, 4.69) is 17.1 Å². The van der Waals surface area contributed by atoms with E-state index in [0.717, 1.165) is 24.0 Å². The van der Waals surface area contributed by atoms with Gasteiger partial charge in [0.05, 0.1) is 5.38 Å². The van der Waals surface area contributed by atoms with E-state index in [1.165, 1.54) is 0 Å². The molecule has 96 valence electrons. The Balaban J connectivity index is 2.32. The Labute approximate surface area is 116 Å². The maximum absolute atomic E-state index is 6.17. The van der Waals surface area contributed by atoms with Crippen LogP contribution in [0.3, 0.4) is 0 Å². The molecular weight excluding hydrogens is 271 g/mol. The molecule has 1 atom stereocenters. The maximum atomic E-state index is 6.17. The van der Waals surface area contributed by atoms with Crippen LogP contribution in [0.5, 0.6) is 0 Å². The van der Waals surface area contributed by atoms with Crippen LogP contribution in [0.4, 0.5) is 0 Å². The lowest BCUT2D eigenvalue weighted by atomic mass is 10.1. The van der Waals surface area contributed by atoms with Crippen LogP contribution in [0, 0.1) is 6.92 Å². The molecule has 0 spiro atoms. The molecule has 1 aromatic heterocycles. The van der Waals surface area contributed by atoms with E-state index < -0.39 is 0 Å². The second kappa shape index (κ2) is 5.72. The van der Waals surface area contributed by atoms with E-state index in [4.69, 9.17) is 27.7 Å². The molecule has 2 aromatic rings. The van der Waals surface area contributed by atoms with E-state index in [1.807, 2.05) is 25.1 Å². The van der Waals surface area contributed by atoms with Crippen molar-refractivity contribution >= 4 is 23.2 Å². The van der Waals surface area contributed by atoms with Crippen LogP contribution < -0.4 is 0 Å². The highest BCUT2D eigenvalue weighted by atomic mass is 35.5. The van der Waals surface area contributed by atoms with Gasteiger partial charge in [0.25, 0.3) is 5.89 Å². The number of hydrogen-bond donors (Lipinski definition) is 0. The third-order valence-electron chi connectivity index (χ3n) is 2.76.